The van der Waals surface area contributed by atoms with Crippen LogP contribution in [0.2, 0.25) is 0 Å². The molecule has 0 saturated heterocycles. The highest BCUT2D eigenvalue weighted by Crippen LogP contribution is 2.13. The van der Waals surface area contributed by atoms with Crippen LogP contribution in [0.4, 0.5) is 4.39 Å². The first-order chi connectivity index (χ1) is 8.19. The minimum absolute atomic E-state index is 0.109. The van der Waals surface area contributed by atoms with Crippen molar-refractivity contribution < 1.29 is 18.0 Å². The molecule has 0 radical (unpaired) electrons. The summed E-state index contributed by atoms with van der Waals surface area (Å²) in [4.78, 5) is -0.109. The van der Waals surface area contributed by atoms with E-state index in [1.165, 1.54) is 13.8 Å². The van der Waals surface area contributed by atoms with Gasteiger partial charge in [0.1, 0.15) is 5.82 Å². The lowest BCUT2D eigenvalue weighted by Gasteiger charge is -2.24. The molecule has 0 spiro atoms. The second kappa shape index (κ2) is 4.91. The molecule has 0 fully saturated rings. The standard InChI is InChI=1S/C10H14FN3O3S/c1-10(2,9(12)13-15)14-18(16,17)8-5-3-7(11)4-6-8/h3-6,14-15H,1-2H3,(H2,12,13). The quantitative estimate of drug-likeness (QED) is 0.324. The van der Waals surface area contributed by atoms with E-state index in [-0.39, 0.29) is 10.7 Å². The van der Waals surface area contributed by atoms with Crippen molar-refractivity contribution in [2.45, 2.75) is 24.3 Å². The molecular formula is C10H14FN3O3S. The van der Waals surface area contributed by atoms with Gasteiger partial charge < -0.3 is 10.9 Å². The molecule has 0 saturated carbocycles. The summed E-state index contributed by atoms with van der Waals surface area (Å²) in [6, 6.07) is 4.32. The lowest BCUT2D eigenvalue weighted by molar-refractivity contribution is 0.312. The number of oxime groups is 1. The van der Waals surface area contributed by atoms with Gasteiger partial charge in [0.15, 0.2) is 5.84 Å². The summed E-state index contributed by atoms with van der Waals surface area (Å²) in [6.07, 6.45) is 0. The summed E-state index contributed by atoms with van der Waals surface area (Å²) in [5, 5.41) is 11.3. The number of hydrogen-bond acceptors (Lipinski definition) is 4. The monoisotopic (exact) mass is 275 g/mol. The van der Waals surface area contributed by atoms with E-state index in [9.17, 15) is 12.8 Å². The highest BCUT2D eigenvalue weighted by atomic mass is 32.2. The van der Waals surface area contributed by atoms with Crippen LogP contribution in [0.25, 0.3) is 0 Å². The number of nitrogens with one attached hydrogen (secondary N) is 1. The van der Waals surface area contributed by atoms with Crippen LogP contribution in [-0.2, 0) is 10.0 Å². The van der Waals surface area contributed by atoms with Crippen LogP contribution in [0.3, 0.4) is 0 Å². The van der Waals surface area contributed by atoms with E-state index in [0.29, 0.717) is 0 Å². The third kappa shape index (κ3) is 3.17. The lowest BCUT2D eigenvalue weighted by Crippen LogP contribution is -2.52. The largest absolute Gasteiger partial charge is 0.409 e. The second-order valence-corrected chi connectivity index (χ2v) is 5.85. The van der Waals surface area contributed by atoms with E-state index < -0.39 is 21.4 Å². The molecule has 6 nitrogen and oxygen atoms in total. The van der Waals surface area contributed by atoms with E-state index >= 15 is 0 Å². The van der Waals surface area contributed by atoms with E-state index in [1.807, 2.05) is 0 Å². The number of hydrogen-bond donors (Lipinski definition) is 3. The minimum atomic E-state index is -3.88. The Morgan fingerprint density at radius 3 is 2.33 bits per heavy atom. The highest BCUT2D eigenvalue weighted by Gasteiger charge is 2.30. The van der Waals surface area contributed by atoms with Gasteiger partial charge in [0.2, 0.25) is 10.0 Å². The molecule has 0 aliphatic carbocycles. The normalized spacial score (nSPS) is 13.6. The number of amidine groups is 1. The molecule has 1 aromatic carbocycles. The molecule has 0 bridgehead atoms. The zero-order valence-corrected chi connectivity index (χ0v) is 10.7. The number of sulfonamides is 1. The van der Waals surface area contributed by atoms with Crippen molar-refractivity contribution in [3.05, 3.63) is 30.1 Å². The van der Waals surface area contributed by atoms with Crippen molar-refractivity contribution in [3.8, 4) is 0 Å². The molecule has 4 N–H and O–H groups in total. The number of benzene rings is 1. The van der Waals surface area contributed by atoms with E-state index in [2.05, 4.69) is 9.88 Å². The van der Waals surface area contributed by atoms with Crippen molar-refractivity contribution in [1.82, 2.24) is 4.72 Å². The Balaban J connectivity index is 3.06. The summed E-state index contributed by atoms with van der Waals surface area (Å²) >= 11 is 0. The van der Waals surface area contributed by atoms with Gasteiger partial charge in [-0.15, -0.1) is 0 Å². The summed E-state index contributed by atoms with van der Waals surface area (Å²) in [5.74, 6) is -0.821. The average molecular weight is 275 g/mol. The lowest BCUT2D eigenvalue weighted by atomic mass is 10.1. The maximum absolute atomic E-state index is 12.7. The van der Waals surface area contributed by atoms with Gasteiger partial charge in [-0.25, -0.2) is 12.8 Å². The van der Waals surface area contributed by atoms with Gasteiger partial charge in [-0.05, 0) is 38.1 Å². The number of nitrogens with two attached hydrogens (primary N) is 1. The predicted octanol–water partition coefficient (Wildman–Crippen LogP) is 0.629. The molecule has 1 rings (SSSR count). The second-order valence-electron chi connectivity index (χ2n) is 4.17. The summed E-state index contributed by atoms with van der Waals surface area (Å²) in [6.45, 7) is 2.87. The average Bonchev–Trinajstić information content (AvgIpc) is 2.27. The fourth-order valence-electron chi connectivity index (χ4n) is 1.19. The minimum Gasteiger partial charge on any atom is -0.409 e. The first-order valence-corrected chi connectivity index (χ1v) is 6.45. The first kappa shape index (κ1) is 14.4. The summed E-state index contributed by atoms with van der Waals surface area (Å²) in [5.41, 5.74) is 4.11. The van der Waals surface area contributed by atoms with Crippen LogP contribution >= 0.6 is 0 Å². The first-order valence-electron chi connectivity index (χ1n) is 4.96. The Bertz CT molecular complexity index is 552. The van der Waals surface area contributed by atoms with Crippen LogP contribution in [-0.4, -0.2) is 25.0 Å². The SMILES string of the molecule is CC(C)(NS(=O)(=O)c1ccc(F)cc1)/C(N)=N/O. The van der Waals surface area contributed by atoms with Gasteiger partial charge >= 0.3 is 0 Å². The van der Waals surface area contributed by atoms with Crippen LogP contribution in [0.5, 0.6) is 0 Å². The van der Waals surface area contributed by atoms with E-state index in [1.54, 1.807) is 0 Å². The molecule has 0 atom stereocenters. The topological polar surface area (TPSA) is 105 Å². The molecular weight excluding hydrogens is 261 g/mol. The molecule has 100 valence electrons. The van der Waals surface area contributed by atoms with Gasteiger partial charge in [0.05, 0.1) is 10.4 Å². The van der Waals surface area contributed by atoms with Gasteiger partial charge in [0.25, 0.3) is 0 Å². The number of rotatable bonds is 4. The van der Waals surface area contributed by atoms with Crippen molar-refractivity contribution in [3.63, 3.8) is 0 Å². The molecule has 0 unspecified atom stereocenters. The Morgan fingerprint density at radius 2 is 1.89 bits per heavy atom. The van der Waals surface area contributed by atoms with Gasteiger partial charge in [-0.3, -0.25) is 0 Å². The summed E-state index contributed by atoms with van der Waals surface area (Å²) < 4.78 is 38.9. The fourth-order valence-corrected chi connectivity index (χ4v) is 2.57. The Hall–Kier alpha value is -1.67. The molecule has 18 heavy (non-hydrogen) atoms. The Kier molecular flexibility index (Phi) is 3.92. The van der Waals surface area contributed by atoms with Crippen molar-refractivity contribution in [1.29, 1.82) is 0 Å². The van der Waals surface area contributed by atoms with Gasteiger partial charge in [0, 0.05) is 0 Å². The Morgan fingerprint density at radius 1 is 1.39 bits per heavy atom. The molecule has 1 aromatic rings. The van der Waals surface area contributed by atoms with Crippen LogP contribution in [0.1, 0.15) is 13.8 Å². The molecule has 0 heterocycles. The van der Waals surface area contributed by atoms with Crippen molar-refractivity contribution >= 4 is 15.9 Å². The fraction of sp³-hybridized carbons (Fsp3) is 0.300. The zero-order chi connectivity index (χ0) is 14.0. The van der Waals surface area contributed by atoms with Crippen LogP contribution in [0.15, 0.2) is 34.3 Å². The molecule has 0 aliphatic rings. The van der Waals surface area contributed by atoms with Crippen LogP contribution in [0, 0.1) is 5.82 Å². The molecule has 0 aliphatic heterocycles. The highest BCUT2D eigenvalue weighted by molar-refractivity contribution is 7.89. The maximum Gasteiger partial charge on any atom is 0.241 e. The predicted molar refractivity (Wildman–Crippen MR) is 64.2 cm³/mol. The molecule has 0 amide bonds. The smallest absolute Gasteiger partial charge is 0.241 e. The van der Waals surface area contributed by atoms with E-state index in [4.69, 9.17) is 10.9 Å². The zero-order valence-electron chi connectivity index (χ0n) is 9.88. The van der Waals surface area contributed by atoms with E-state index in [0.717, 1.165) is 24.3 Å². The number of halogens is 1. The van der Waals surface area contributed by atoms with Gasteiger partial charge in [-0.1, -0.05) is 5.16 Å². The van der Waals surface area contributed by atoms with Crippen molar-refractivity contribution in [2.75, 3.05) is 0 Å². The van der Waals surface area contributed by atoms with Gasteiger partial charge in [-0.2, -0.15) is 4.72 Å². The van der Waals surface area contributed by atoms with Crippen LogP contribution < -0.4 is 10.5 Å². The molecule has 0 aromatic heterocycles. The maximum atomic E-state index is 12.7. The number of nitrogens with zero attached hydrogens (tertiary/aromatic N) is 1. The Labute approximate surface area is 104 Å². The summed E-state index contributed by atoms with van der Waals surface area (Å²) in [7, 11) is -3.88. The van der Waals surface area contributed by atoms with Crippen molar-refractivity contribution in [2.24, 2.45) is 10.9 Å². The third-order valence-electron chi connectivity index (χ3n) is 2.26. The molecule has 8 heteroatoms. The third-order valence-corrected chi connectivity index (χ3v) is 3.93.